The van der Waals surface area contributed by atoms with Crippen molar-refractivity contribution >= 4 is 0 Å². The van der Waals surface area contributed by atoms with Crippen LogP contribution in [0.2, 0.25) is 0 Å². The largest absolute Gasteiger partial charge is 0.497 e. The molecule has 0 bridgehead atoms. The fourth-order valence-electron chi connectivity index (χ4n) is 5.67. The maximum Gasteiger partial charge on any atom is 0.118 e. The molecule has 0 spiro atoms. The normalized spacial score (nSPS) is 23.5. The Labute approximate surface area is 187 Å². The van der Waals surface area contributed by atoms with Gasteiger partial charge in [0.15, 0.2) is 0 Å². The minimum Gasteiger partial charge on any atom is -0.497 e. The number of piperidine rings is 1. The third kappa shape index (κ3) is 4.52. The lowest BCUT2D eigenvalue weighted by Crippen LogP contribution is -2.34. The minimum absolute atomic E-state index is 0.427. The maximum atomic E-state index is 5.37. The summed E-state index contributed by atoms with van der Waals surface area (Å²) in [7, 11) is 1.73. The van der Waals surface area contributed by atoms with Crippen LogP contribution in [-0.4, -0.2) is 49.6 Å². The molecule has 2 saturated heterocycles. The van der Waals surface area contributed by atoms with Gasteiger partial charge in [-0.25, -0.2) is 0 Å². The summed E-state index contributed by atoms with van der Waals surface area (Å²) in [5, 5.41) is 0. The van der Waals surface area contributed by atoms with Crippen LogP contribution in [-0.2, 0) is 0 Å². The first kappa shape index (κ1) is 20.6. The predicted molar refractivity (Wildman–Crippen MR) is 127 cm³/mol. The lowest BCUT2D eigenvalue weighted by atomic mass is 9.81. The molecule has 0 saturated carbocycles. The molecule has 162 valence electrons. The average molecular weight is 415 g/mol. The van der Waals surface area contributed by atoms with Crippen LogP contribution in [0.3, 0.4) is 0 Å². The first-order valence-corrected chi connectivity index (χ1v) is 12.0. The third-order valence-corrected chi connectivity index (χ3v) is 7.35. The number of methoxy groups -OCH3 is 1. The van der Waals surface area contributed by atoms with Crippen molar-refractivity contribution in [3.8, 4) is 17.6 Å². The average Bonchev–Trinajstić information content (AvgIpc) is 3.31. The first-order valence-electron chi connectivity index (χ1n) is 12.0. The molecular formula is C28H34N2O. The lowest BCUT2D eigenvalue weighted by molar-refractivity contribution is 0.230. The predicted octanol–water partition coefficient (Wildman–Crippen LogP) is 5.21. The van der Waals surface area contributed by atoms with E-state index in [2.05, 4.69) is 64.1 Å². The smallest absolute Gasteiger partial charge is 0.118 e. The third-order valence-electron chi connectivity index (χ3n) is 7.35. The highest BCUT2D eigenvalue weighted by Crippen LogP contribution is 2.44. The zero-order valence-electron chi connectivity index (χ0n) is 18.8. The van der Waals surface area contributed by atoms with Crippen molar-refractivity contribution in [3.63, 3.8) is 0 Å². The van der Waals surface area contributed by atoms with E-state index < -0.39 is 0 Å². The van der Waals surface area contributed by atoms with Gasteiger partial charge in [-0.15, -0.1) is 0 Å². The van der Waals surface area contributed by atoms with Gasteiger partial charge in [-0.1, -0.05) is 36.5 Å². The fraction of sp³-hybridized carbons (Fsp3) is 0.500. The van der Waals surface area contributed by atoms with Crippen molar-refractivity contribution in [1.82, 2.24) is 9.80 Å². The standard InChI is InChI=1S/C28H34N2O/c1-31-24-13-11-23(12-14-24)27-21-30-19-7-9-28(30)26-20-22(10-15-25(26)27)8-3-6-18-29-16-4-2-5-17-29/h10-15,20,27-28H,2,4-7,9,16-19,21H2,1H3/t27-,28+/m0/s1. The van der Waals surface area contributed by atoms with Crippen LogP contribution >= 0.6 is 0 Å². The second kappa shape index (κ2) is 9.47. The van der Waals surface area contributed by atoms with E-state index in [1.807, 2.05) is 0 Å². The van der Waals surface area contributed by atoms with Crippen LogP contribution in [0.1, 0.15) is 72.7 Å². The molecular weight excluding hydrogens is 380 g/mol. The summed E-state index contributed by atoms with van der Waals surface area (Å²) in [6.07, 6.45) is 7.64. The van der Waals surface area contributed by atoms with Gasteiger partial charge in [0, 0.05) is 37.0 Å². The first-order chi connectivity index (χ1) is 15.3. The number of rotatable bonds is 4. The van der Waals surface area contributed by atoms with Crippen LogP contribution in [0.25, 0.3) is 0 Å². The lowest BCUT2D eigenvalue weighted by Gasteiger charge is -2.37. The SMILES string of the molecule is COc1ccc([C@@H]2CN3CCC[C@@H]3c3cc(C#CCCN4CCCCC4)ccc32)cc1. The molecule has 2 fully saturated rings. The van der Waals surface area contributed by atoms with Crippen LogP contribution < -0.4 is 4.74 Å². The zero-order valence-corrected chi connectivity index (χ0v) is 18.8. The van der Waals surface area contributed by atoms with Gasteiger partial charge in [0.1, 0.15) is 5.75 Å². The molecule has 2 aromatic rings. The van der Waals surface area contributed by atoms with Gasteiger partial charge in [0.2, 0.25) is 0 Å². The van der Waals surface area contributed by atoms with E-state index in [9.17, 15) is 0 Å². The molecule has 0 aromatic heterocycles. The Morgan fingerprint density at radius 1 is 0.935 bits per heavy atom. The van der Waals surface area contributed by atoms with Gasteiger partial charge >= 0.3 is 0 Å². The van der Waals surface area contributed by atoms with Crippen LogP contribution in [0.5, 0.6) is 5.75 Å². The molecule has 0 amide bonds. The topological polar surface area (TPSA) is 15.7 Å². The highest BCUT2D eigenvalue weighted by atomic mass is 16.5. The van der Waals surface area contributed by atoms with Gasteiger partial charge in [-0.2, -0.15) is 0 Å². The molecule has 31 heavy (non-hydrogen) atoms. The quantitative estimate of drug-likeness (QED) is 0.639. The van der Waals surface area contributed by atoms with E-state index in [1.165, 1.54) is 74.0 Å². The second-order valence-corrected chi connectivity index (χ2v) is 9.28. The maximum absolute atomic E-state index is 5.37. The van der Waals surface area contributed by atoms with E-state index in [4.69, 9.17) is 4.74 Å². The molecule has 2 atom stereocenters. The Bertz CT molecular complexity index is 949. The van der Waals surface area contributed by atoms with E-state index in [-0.39, 0.29) is 0 Å². The number of hydrogen-bond acceptors (Lipinski definition) is 3. The number of ether oxygens (including phenoxy) is 1. The van der Waals surface area contributed by atoms with Crippen molar-refractivity contribution < 1.29 is 4.74 Å². The number of fused-ring (bicyclic) bond motifs is 3. The summed E-state index contributed by atoms with van der Waals surface area (Å²) in [6, 6.07) is 16.2. The molecule has 2 aromatic carbocycles. The second-order valence-electron chi connectivity index (χ2n) is 9.28. The highest BCUT2D eigenvalue weighted by Gasteiger charge is 2.36. The summed E-state index contributed by atoms with van der Waals surface area (Å²) >= 11 is 0. The Morgan fingerprint density at radius 3 is 2.58 bits per heavy atom. The Hall–Kier alpha value is -2.28. The van der Waals surface area contributed by atoms with Crippen LogP contribution in [0.15, 0.2) is 42.5 Å². The molecule has 0 unspecified atom stereocenters. The van der Waals surface area contributed by atoms with Crippen molar-refractivity contribution in [3.05, 3.63) is 64.7 Å². The Morgan fingerprint density at radius 2 is 1.77 bits per heavy atom. The van der Waals surface area contributed by atoms with Gasteiger partial charge in [-0.3, -0.25) is 4.90 Å². The fourth-order valence-corrected chi connectivity index (χ4v) is 5.67. The van der Waals surface area contributed by atoms with Gasteiger partial charge in [0.25, 0.3) is 0 Å². The van der Waals surface area contributed by atoms with Crippen molar-refractivity contribution in [2.24, 2.45) is 0 Å². The Balaban J connectivity index is 1.36. The van der Waals surface area contributed by atoms with Crippen molar-refractivity contribution in [2.75, 3.05) is 39.8 Å². The molecule has 5 rings (SSSR count). The zero-order chi connectivity index (χ0) is 21.0. The van der Waals surface area contributed by atoms with E-state index in [0.717, 1.165) is 25.3 Å². The summed E-state index contributed by atoms with van der Waals surface area (Å²) in [5.74, 6) is 8.28. The van der Waals surface area contributed by atoms with Crippen molar-refractivity contribution in [1.29, 1.82) is 0 Å². The number of hydrogen-bond donors (Lipinski definition) is 0. The Kier molecular flexibility index (Phi) is 6.30. The molecule has 3 aliphatic rings. The van der Waals surface area contributed by atoms with Crippen molar-refractivity contribution in [2.45, 2.75) is 50.5 Å². The van der Waals surface area contributed by atoms with E-state index in [1.54, 1.807) is 7.11 Å². The van der Waals surface area contributed by atoms with Crippen LogP contribution in [0, 0.1) is 11.8 Å². The van der Waals surface area contributed by atoms with Gasteiger partial charge in [0.05, 0.1) is 7.11 Å². The van der Waals surface area contributed by atoms with Gasteiger partial charge in [-0.05, 0) is 86.3 Å². The molecule has 3 nitrogen and oxygen atoms in total. The molecule has 3 heterocycles. The summed E-state index contributed by atoms with van der Waals surface area (Å²) in [4.78, 5) is 5.26. The number of likely N-dealkylation sites (tertiary alicyclic amines) is 1. The van der Waals surface area contributed by atoms with E-state index >= 15 is 0 Å². The molecule has 0 N–H and O–H groups in total. The monoisotopic (exact) mass is 414 g/mol. The van der Waals surface area contributed by atoms with E-state index in [0.29, 0.717) is 12.0 Å². The molecule has 0 radical (unpaired) electrons. The molecule has 3 heteroatoms. The number of benzene rings is 2. The minimum atomic E-state index is 0.427. The number of nitrogens with zero attached hydrogens (tertiary/aromatic N) is 2. The summed E-state index contributed by atoms with van der Waals surface area (Å²) in [5.41, 5.74) is 5.56. The molecule has 3 aliphatic heterocycles. The summed E-state index contributed by atoms with van der Waals surface area (Å²) < 4.78 is 5.37. The molecule has 0 aliphatic carbocycles. The highest BCUT2D eigenvalue weighted by molar-refractivity contribution is 5.49. The summed E-state index contributed by atoms with van der Waals surface area (Å²) in [6.45, 7) is 5.96. The van der Waals surface area contributed by atoms with Crippen LogP contribution in [0.4, 0.5) is 0 Å². The van der Waals surface area contributed by atoms with Gasteiger partial charge < -0.3 is 9.64 Å².